The molecule has 1 unspecified atom stereocenters. The van der Waals surface area contributed by atoms with E-state index in [0.717, 1.165) is 23.0 Å². The molecule has 1 fully saturated rings. The fourth-order valence-corrected chi connectivity index (χ4v) is 3.64. The smallest absolute Gasteiger partial charge is 0.238 e. The zero-order chi connectivity index (χ0) is 20.8. The van der Waals surface area contributed by atoms with Crippen molar-refractivity contribution in [3.8, 4) is 0 Å². The van der Waals surface area contributed by atoms with Gasteiger partial charge in [-0.15, -0.1) is 5.10 Å². The topological polar surface area (TPSA) is 86.2 Å². The number of hydrogen-bond acceptors (Lipinski definition) is 6. The lowest BCUT2D eigenvalue weighted by Crippen LogP contribution is -2.41. The molecular formula is C20H20ClN5O2S. The SMILES string of the molecule is CN(C)c1ccc(C=NN=C2NC(=O)CC(C(=O)Nc3ccccc3Cl)S2)cc1. The quantitative estimate of drug-likeness (QED) is 0.563. The number of nitrogens with zero attached hydrogens (tertiary/aromatic N) is 3. The predicted molar refractivity (Wildman–Crippen MR) is 120 cm³/mol. The van der Waals surface area contributed by atoms with Crippen LogP contribution in [-0.4, -0.2) is 42.5 Å². The average molecular weight is 430 g/mol. The van der Waals surface area contributed by atoms with Crippen LogP contribution in [-0.2, 0) is 9.59 Å². The minimum atomic E-state index is -0.617. The predicted octanol–water partition coefficient (Wildman–Crippen LogP) is 3.36. The third-order valence-corrected chi connectivity index (χ3v) is 5.46. The van der Waals surface area contributed by atoms with Crippen LogP contribution in [0.15, 0.2) is 58.7 Å². The number of rotatable bonds is 5. The lowest BCUT2D eigenvalue weighted by atomic mass is 10.2. The Balaban J connectivity index is 1.64. The Bertz CT molecular complexity index is 960. The van der Waals surface area contributed by atoms with Gasteiger partial charge in [-0.25, -0.2) is 0 Å². The molecule has 2 aromatic rings. The minimum absolute atomic E-state index is 0.0513. The number of carbonyl (C=O) groups excluding carboxylic acids is 2. The number of halogens is 1. The maximum atomic E-state index is 12.5. The molecule has 0 aliphatic carbocycles. The third-order valence-electron chi connectivity index (χ3n) is 4.06. The van der Waals surface area contributed by atoms with Gasteiger partial charge in [-0.3, -0.25) is 9.59 Å². The molecule has 9 heteroatoms. The van der Waals surface area contributed by atoms with E-state index < -0.39 is 5.25 Å². The standard InChI is InChI=1S/C20H20ClN5O2S/c1-26(2)14-9-7-13(8-10-14)12-22-25-20-24-18(27)11-17(29-20)19(28)23-16-6-4-3-5-15(16)21/h3-10,12,17H,11H2,1-2H3,(H,23,28)(H,24,25,27). The molecule has 1 heterocycles. The van der Waals surface area contributed by atoms with E-state index in [0.29, 0.717) is 10.7 Å². The van der Waals surface area contributed by atoms with E-state index in [-0.39, 0.29) is 23.4 Å². The Morgan fingerprint density at radius 2 is 1.97 bits per heavy atom. The first-order valence-corrected chi connectivity index (χ1v) is 10.1. The molecule has 29 heavy (non-hydrogen) atoms. The highest BCUT2D eigenvalue weighted by atomic mass is 35.5. The highest BCUT2D eigenvalue weighted by Crippen LogP contribution is 2.25. The molecule has 2 N–H and O–H groups in total. The first kappa shape index (κ1) is 20.9. The van der Waals surface area contributed by atoms with Crippen molar-refractivity contribution in [2.75, 3.05) is 24.3 Å². The zero-order valence-corrected chi connectivity index (χ0v) is 17.5. The molecule has 2 aromatic carbocycles. The summed E-state index contributed by atoms with van der Waals surface area (Å²) < 4.78 is 0. The molecule has 2 amide bonds. The number of para-hydroxylation sites is 1. The lowest BCUT2D eigenvalue weighted by molar-refractivity contribution is -0.123. The van der Waals surface area contributed by atoms with E-state index in [2.05, 4.69) is 20.8 Å². The van der Waals surface area contributed by atoms with E-state index in [4.69, 9.17) is 11.6 Å². The number of hydrogen-bond donors (Lipinski definition) is 2. The first-order chi connectivity index (χ1) is 13.9. The summed E-state index contributed by atoms with van der Waals surface area (Å²) in [5, 5.41) is 13.6. The van der Waals surface area contributed by atoms with Crippen molar-refractivity contribution in [2.24, 2.45) is 10.2 Å². The van der Waals surface area contributed by atoms with Crippen molar-refractivity contribution in [1.29, 1.82) is 0 Å². The summed E-state index contributed by atoms with van der Waals surface area (Å²) in [5.41, 5.74) is 2.46. The lowest BCUT2D eigenvalue weighted by Gasteiger charge is -2.21. The third kappa shape index (κ3) is 5.82. The number of anilines is 2. The van der Waals surface area contributed by atoms with Gasteiger partial charge in [-0.05, 0) is 29.8 Å². The van der Waals surface area contributed by atoms with Crippen LogP contribution in [0.5, 0.6) is 0 Å². The van der Waals surface area contributed by atoms with Gasteiger partial charge in [0.1, 0.15) is 5.25 Å². The van der Waals surface area contributed by atoms with E-state index in [1.54, 1.807) is 30.5 Å². The van der Waals surface area contributed by atoms with Crippen LogP contribution in [0.3, 0.4) is 0 Å². The summed E-state index contributed by atoms with van der Waals surface area (Å²) in [6.45, 7) is 0. The van der Waals surface area contributed by atoms with Crippen LogP contribution in [0.2, 0.25) is 5.02 Å². The molecule has 1 aliphatic heterocycles. The second-order valence-corrected chi connectivity index (χ2v) is 8.06. The van der Waals surface area contributed by atoms with Crippen molar-refractivity contribution >= 4 is 57.9 Å². The van der Waals surface area contributed by atoms with Crippen molar-refractivity contribution in [2.45, 2.75) is 11.7 Å². The number of benzene rings is 2. The Morgan fingerprint density at radius 3 is 2.66 bits per heavy atom. The van der Waals surface area contributed by atoms with E-state index in [9.17, 15) is 9.59 Å². The molecule has 1 saturated heterocycles. The molecule has 3 rings (SSSR count). The van der Waals surface area contributed by atoms with Gasteiger partial charge in [0.25, 0.3) is 0 Å². The van der Waals surface area contributed by atoms with Gasteiger partial charge in [0.15, 0.2) is 5.17 Å². The molecule has 1 aliphatic rings. The second kappa shape index (κ2) is 9.58. The van der Waals surface area contributed by atoms with Crippen molar-refractivity contribution < 1.29 is 9.59 Å². The molecule has 0 radical (unpaired) electrons. The highest BCUT2D eigenvalue weighted by Gasteiger charge is 2.30. The second-order valence-electron chi connectivity index (χ2n) is 6.46. The van der Waals surface area contributed by atoms with Gasteiger partial charge < -0.3 is 15.5 Å². The molecule has 0 saturated carbocycles. The summed E-state index contributed by atoms with van der Waals surface area (Å²) in [5.74, 6) is -0.596. The molecule has 150 valence electrons. The van der Waals surface area contributed by atoms with Crippen LogP contribution >= 0.6 is 23.4 Å². The Hall–Kier alpha value is -2.84. The van der Waals surface area contributed by atoms with Crippen molar-refractivity contribution in [3.05, 3.63) is 59.1 Å². The van der Waals surface area contributed by atoms with Gasteiger partial charge in [0.2, 0.25) is 11.8 Å². The van der Waals surface area contributed by atoms with Crippen LogP contribution in [0, 0.1) is 0 Å². The first-order valence-electron chi connectivity index (χ1n) is 8.82. The van der Waals surface area contributed by atoms with Crippen LogP contribution < -0.4 is 15.5 Å². The van der Waals surface area contributed by atoms with Gasteiger partial charge in [-0.1, -0.05) is 47.6 Å². The monoisotopic (exact) mass is 429 g/mol. The summed E-state index contributed by atoms with van der Waals surface area (Å²) >= 11 is 7.22. The maximum Gasteiger partial charge on any atom is 0.238 e. The van der Waals surface area contributed by atoms with Crippen molar-refractivity contribution in [1.82, 2.24) is 5.32 Å². The minimum Gasteiger partial charge on any atom is -0.378 e. The summed E-state index contributed by atoms with van der Waals surface area (Å²) in [6, 6.07) is 14.7. The van der Waals surface area contributed by atoms with Gasteiger partial charge in [0.05, 0.1) is 16.9 Å². The molecule has 1 atom stereocenters. The summed E-state index contributed by atoms with van der Waals surface area (Å²) in [4.78, 5) is 26.5. The largest absolute Gasteiger partial charge is 0.378 e. The molecular weight excluding hydrogens is 410 g/mol. The maximum absolute atomic E-state index is 12.5. The normalized spacial score (nSPS) is 18.0. The highest BCUT2D eigenvalue weighted by molar-refractivity contribution is 8.15. The fourth-order valence-electron chi connectivity index (χ4n) is 2.52. The van der Waals surface area contributed by atoms with Gasteiger partial charge in [0, 0.05) is 26.2 Å². The fraction of sp³-hybridized carbons (Fsp3) is 0.200. The number of amides is 2. The Labute approximate surface area is 178 Å². The number of amidine groups is 1. The van der Waals surface area contributed by atoms with Gasteiger partial charge in [-0.2, -0.15) is 5.10 Å². The number of nitrogens with one attached hydrogen (secondary N) is 2. The van der Waals surface area contributed by atoms with E-state index in [1.165, 1.54) is 0 Å². The molecule has 0 bridgehead atoms. The average Bonchev–Trinajstić information content (AvgIpc) is 2.69. The van der Waals surface area contributed by atoms with E-state index in [1.807, 2.05) is 43.3 Å². The Morgan fingerprint density at radius 1 is 1.24 bits per heavy atom. The van der Waals surface area contributed by atoms with Crippen LogP contribution in [0.25, 0.3) is 0 Å². The zero-order valence-electron chi connectivity index (χ0n) is 15.9. The van der Waals surface area contributed by atoms with E-state index >= 15 is 0 Å². The number of carbonyl (C=O) groups is 2. The van der Waals surface area contributed by atoms with Gasteiger partial charge >= 0.3 is 0 Å². The molecule has 0 spiro atoms. The molecule has 7 nitrogen and oxygen atoms in total. The van der Waals surface area contributed by atoms with Crippen LogP contribution in [0.1, 0.15) is 12.0 Å². The molecule has 0 aromatic heterocycles. The Kier molecular flexibility index (Phi) is 6.90. The number of thioether (sulfide) groups is 1. The summed E-state index contributed by atoms with van der Waals surface area (Å²) in [7, 11) is 3.94. The van der Waals surface area contributed by atoms with Crippen LogP contribution in [0.4, 0.5) is 11.4 Å². The van der Waals surface area contributed by atoms with Crippen molar-refractivity contribution in [3.63, 3.8) is 0 Å². The summed E-state index contributed by atoms with van der Waals surface area (Å²) in [6.07, 6.45) is 1.64.